The molecule has 4 heteroatoms. The number of nitrogens with two attached hydrogens (primary N) is 1. The van der Waals surface area contributed by atoms with Crippen LogP contribution >= 0.6 is 0 Å². The van der Waals surface area contributed by atoms with Crippen LogP contribution in [0, 0.1) is 0 Å². The molecular weight excluding hydrogens is 360 g/mol. The molecule has 29 heavy (non-hydrogen) atoms. The molecule has 0 fully saturated rings. The molecule has 2 rings (SSSR count). The minimum Gasteiger partial charge on any atom is -0.507 e. The lowest BCUT2D eigenvalue weighted by Gasteiger charge is -2.22. The standard InChI is InChI=1S/C14H23NO.C11H17NO/c1-5-9-15-10-11-7-6-8-12(13(11)16)14(2,3)4;1-11(2,3)9-6-4-5-8(7-12)10(9)13/h6-8,15-16H,5,9-10H2,1-4H3;4-6,13H,7,12H2,1-3H3. The van der Waals surface area contributed by atoms with Gasteiger partial charge in [0, 0.05) is 24.2 Å². The van der Waals surface area contributed by atoms with Gasteiger partial charge >= 0.3 is 0 Å². The zero-order valence-corrected chi connectivity index (χ0v) is 19.3. The van der Waals surface area contributed by atoms with Crippen LogP contribution in [0.15, 0.2) is 36.4 Å². The highest BCUT2D eigenvalue weighted by molar-refractivity contribution is 5.44. The van der Waals surface area contributed by atoms with E-state index in [1.807, 2.05) is 36.4 Å². The molecule has 162 valence electrons. The highest BCUT2D eigenvalue weighted by Crippen LogP contribution is 2.33. The summed E-state index contributed by atoms with van der Waals surface area (Å²) in [6.45, 7) is 16.8. The average Bonchev–Trinajstić information content (AvgIpc) is 2.62. The van der Waals surface area contributed by atoms with E-state index in [-0.39, 0.29) is 10.8 Å². The summed E-state index contributed by atoms with van der Waals surface area (Å²) in [5.74, 6) is 0.788. The van der Waals surface area contributed by atoms with Crippen LogP contribution in [-0.4, -0.2) is 16.8 Å². The van der Waals surface area contributed by atoms with Crippen molar-refractivity contribution in [3.63, 3.8) is 0 Å². The van der Waals surface area contributed by atoms with Crippen LogP contribution < -0.4 is 11.1 Å². The van der Waals surface area contributed by atoms with E-state index >= 15 is 0 Å². The fraction of sp³-hybridized carbons (Fsp3) is 0.520. The molecule has 0 aromatic heterocycles. The number of phenolic OH excluding ortho intramolecular Hbond substituents is 2. The summed E-state index contributed by atoms with van der Waals surface area (Å²) in [6, 6.07) is 11.7. The first kappa shape index (κ1) is 25.0. The molecule has 2 aromatic carbocycles. The highest BCUT2D eigenvalue weighted by atomic mass is 16.3. The fourth-order valence-electron chi connectivity index (χ4n) is 3.10. The molecule has 0 atom stereocenters. The van der Waals surface area contributed by atoms with E-state index in [0.717, 1.165) is 41.8 Å². The molecule has 0 heterocycles. The SMILES string of the molecule is CC(C)(C)c1cccc(CN)c1O.CCCNCc1cccc(C(C)(C)C)c1O. The largest absolute Gasteiger partial charge is 0.507 e. The third-order valence-corrected chi connectivity index (χ3v) is 4.82. The van der Waals surface area contributed by atoms with Crippen molar-refractivity contribution in [1.82, 2.24) is 5.32 Å². The third-order valence-electron chi connectivity index (χ3n) is 4.82. The Morgan fingerprint density at radius 1 is 0.793 bits per heavy atom. The zero-order chi connectivity index (χ0) is 22.2. The summed E-state index contributed by atoms with van der Waals surface area (Å²) in [5.41, 5.74) is 9.23. The molecule has 0 unspecified atom stereocenters. The zero-order valence-electron chi connectivity index (χ0n) is 19.3. The lowest BCUT2D eigenvalue weighted by atomic mass is 9.85. The van der Waals surface area contributed by atoms with Gasteiger partial charge in [-0.25, -0.2) is 0 Å². The Hall–Kier alpha value is -2.04. The van der Waals surface area contributed by atoms with E-state index in [0.29, 0.717) is 18.0 Å². The maximum atomic E-state index is 10.2. The number of hydrogen-bond acceptors (Lipinski definition) is 4. The Morgan fingerprint density at radius 2 is 1.24 bits per heavy atom. The van der Waals surface area contributed by atoms with Gasteiger partial charge in [-0.05, 0) is 34.9 Å². The first-order valence-corrected chi connectivity index (χ1v) is 10.5. The van der Waals surface area contributed by atoms with Crippen LogP contribution in [-0.2, 0) is 23.9 Å². The monoisotopic (exact) mass is 400 g/mol. The van der Waals surface area contributed by atoms with Gasteiger partial charge in [0.25, 0.3) is 0 Å². The van der Waals surface area contributed by atoms with Gasteiger partial charge < -0.3 is 21.3 Å². The Labute approximate surface area is 177 Å². The molecule has 0 aliphatic heterocycles. The molecule has 5 N–H and O–H groups in total. The number of hydrogen-bond donors (Lipinski definition) is 4. The van der Waals surface area contributed by atoms with Crippen molar-refractivity contribution < 1.29 is 10.2 Å². The van der Waals surface area contributed by atoms with E-state index in [1.54, 1.807) is 0 Å². The van der Waals surface area contributed by atoms with E-state index in [9.17, 15) is 10.2 Å². The maximum Gasteiger partial charge on any atom is 0.123 e. The van der Waals surface area contributed by atoms with Crippen molar-refractivity contribution in [3.8, 4) is 11.5 Å². The lowest BCUT2D eigenvalue weighted by Crippen LogP contribution is -2.16. The molecule has 0 saturated heterocycles. The topological polar surface area (TPSA) is 78.5 Å². The fourth-order valence-corrected chi connectivity index (χ4v) is 3.10. The predicted molar refractivity (Wildman–Crippen MR) is 124 cm³/mol. The van der Waals surface area contributed by atoms with Gasteiger partial charge in [0.2, 0.25) is 0 Å². The van der Waals surface area contributed by atoms with Gasteiger partial charge in [-0.2, -0.15) is 0 Å². The second-order valence-corrected chi connectivity index (χ2v) is 9.51. The summed E-state index contributed by atoms with van der Waals surface area (Å²) in [6.07, 6.45) is 1.11. The average molecular weight is 401 g/mol. The number of phenols is 2. The molecule has 0 radical (unpaired) electrons. The van der Waals surface area contributed by atoms with Crippen molar-refractivity contribution in [1.29, 1.82) is 0 Å². The summed E-state index contributed by atoms with van der Waals surface area (Å²) in [4.78, 5) is 0. The van der Waals surface area contributed by atoms with Gasteiger partial charge in [-0.3, -0.25) is 0 Å². The van der Waals surface area contributed by atoms with Crippen LogP contribution in [0.3, 0.4) is 0 Å². The van der Waals surface area contributed by atoms with Gasteiger partial charge in [-0.1, -0.05) is 84.9 Å². The van der Waals surface area contributed by atoms with Crippen LogP contribution in [0.5, 0.6) is 11.5 Å². The van der Waals surface area contributed by atoms with Crippen molar-refractivity contribution in [2.75, 3.05) is 6.54 Å². The molecular formula is C25H40N2O2. The van der Waals surface area contributed by atoms with E-state index in [2.05, 4.69) is 53.8 Å². The van der Waals surface area contributed by atoms with Crippen LogP contribution in [0.25, 0.3) is 0 Å². The van der Waals surface area contributed by atoms with Gasteiger partial charge in [0.05, 0.1) is 0 Å². The number of benzene rings is 2. The first-order valence-electron chi connectivity index (χ1n) is 10.5. The number of nitrogens with one attached hydrogen (secondary N) is 1. The summed E-state index contributed by atoms with van der Waals surface area (Å²) >= 11 is 0. The van der Waals surface area contributed by atoms with Crippen molar-refractivity contribution >= 4 is 0 Å². The Bertz CT molecular complexity index is 771. The molecule has 0 amide bonds. The van der Waals surface area contributed by atoms with Crippen molar-refractivity contribution in [3.05, 3.63) is 58.7 Å². The Balaban J connectivity index is 0.000000296. The number of aromatic hydroxyl groups is 2. The molecule has 0 aliphatic carbocycles. The summed E-state index contributed by atoms with van der Waals surface area (Å²) in [5, 5.41) is 23.3. The second-order valence-electron chi connectivity index (χ2n) is 9.51. The van der Waals surface area contributed by atoms with Crippen LogP contribution in [0.2, 0.25) is 0 Å². The molecule has 0 spiro atoms. The number of rotatable bonds is 5. The molecule has 2 aromatic rings. The lowest BCUT2D eigenvalue weighted by molar-refractivity contribution is 0.437. The normalized spacial score (nSPS) is 11.7. The van der Waals surface area contributed by atoms with Crippen molar-refractivity contribution in [2.45, 2.75) is 78.8 Å². The molecule has 0 bridgehead atoms. The summed E-state index contributed by atoms with van der Waals surface area (Å²) < 4.78 is 0. The van der Waals surface area contributed by atoms with Crippen LogP contribution in [0.4, 0.5) is 0 Å². The highest BCUT2D eigenvalue weighted by Gasteiger charge is 2.20. The molecule has 4 nitrogen and oxygen atoms in total. The predicted octanol–water partition coefficient (Wildman–Crippen LogP) is 5.34. The molecule has 0 saturated carbocycles. The second kappa shape index (κ2) is 10.7. The smallest absolute Gasteiger partial charge is 0.123 e. The van der Waals surface area contributed by atoms with E-state index in [4.69, 9.17) is 5.73 Å². The van der Waals surface area contributed by atoms with Gasteiger partial charge in [0.1, 0.15) is 11.5 Å². The van der Waals surface area contributed by atoms with Crippen LogP contribution in [0.1, 0.15) is 77.1 Å². The minimum atomic E-state index is -0.0325. The van der Waals surface area contributed by atoms with Crippen molar-refractivity contribution in [2.24, 2.45) is 5.73 Å². The third kappa shape index (κ3) is 7.37. The number of para-hydroxylation sites is 2. The van der Waals surface area contributed by atoms with Gasteiger partial charge in [0.15, 0.2) is 0 Å². The van der Waals surface area contributed by atoms with E-state index < -0.39 is 0 Å². The maximum absolute atomic E-state index is 10.2. The Kier molecular flexibility index (Phi) is 9.18. The Morgan fingerprint density at radius 3 is 1.66 bits per heavy atom. The molecule has 0 aliphatic rings. The summed E-state index contributed by atoms with van der Waals surface area (Å²) in [7, 11) is 0. The van der Waals surface area contributed by atoms with E-state index in [1.165, 1.54) is 0 Å². The minimum absolute atomic E-state index is 0.00908. The van der Waals surface area contributed by atoms with Gasteiger partial charge in [-0.15, -0.1) is 0 Å². The quantitative estimate of drug-likeness (QED) is 0.511. The first-order chi connectivity index (χ1) is 13.4.